The Hall–Kier alpha value is -4.21. The van der Waals surface area contributed by atoms with Crippen molar-refractivity contribution in [1.29, 1.82) is 0 Å². The minimum Gasteiger partial charge on any atom is -0.268 e. The van der Waals surface area contributed by atoms with E-state index >= 15 is 0 Å². The minimum atomic E-state index is -0.417. The quantitative estimate of drug-likeness (QED) is 0.143. The third kappa shape index (κ3) is 5.69. The number of thioether (sulfide) groups is 1. The molecule has 5 rings (SSSR count). The van der Waals surface area contributed by atoms with Crippen LogP contribution >= 0.6 is 23.5 Å². The molecule has 7 nitrogen and oxygen atoms in total. The molecule has 1 amide bonds. The summed E-state index contributed by atoms with van der Waals surface area (Å²) in [6.07, 6.45) is 3.32. The molecular formula is C29H22N4O3S2. The number of pyridine rings is 1. The maximum atomic E-state index is 13.6. The van der Waals surface area contributed by atoms with E-state index in [0.29, 0.717) is 31.2 Å². The highest BCUT2D eigenvalue weighted by molar-refractivity contribution is 8.19. The van der Waals surface area contributed by atoms with Gasteiger partial charge in [0.15, 0.2) is 5.17 Å². The molecule has 0 spiro atoms. The van der Waals surface area contributed by atoms with Crippen LogP contribution in [0.1, 0.15) is 16.7 Å². The van der Waals surface area contributed by atoms with E-state index in [2.05, 4.69) is 4.98 Å². The van der Waals surface area contributed by atoms with Crippen molar-refractivity contribution in [3.63, 3.8) is 0 Å². The van der Waals surface area contributed by atoms with Gasteiger partial charge in [0.25, 0.3) is 11.6 Å². The number of amidine groups is 1. The molecule has 4 aromatic rings. The molecule has 2 heterocycles. The number of hydrogen-bond acceptors (Lipinski definition) is 7. The fourth-order valence-electron chi connectivity index (χ4n) is 3.72. The zero-order valence-electron chi connectivity index (χ0n) is 20.6. The molecule has 0 radical (unpaired) electrons. The van der Waals surface area contributed by atoms with Crippen molar-refractivity contribution >= 4 is 57.7 Å². The van der Waals surface area contributed by atoms with Gasteiger partial charge in [-0.05, 0) is 79.7 Å². The molecule has 0 N–H and O–H groups in total. The summed E-state index contributed by atoms with van der Waals surface area (Å²) in [5.74, 6) is -0.237. The first kappa shape index (κ1) is 25.4. The topological polar surface area (TPSA) is 88.7 Å². The Bertz CT molecular complexity index is 1570. The van der Waals surface area contributed by atoms with Gasteiger partial charge in [-0.25, -0.2) is 9.98 Å². The van der Waals surface area contributed by atoms with Gasteiger partial charge < -0.3 is 0 Å². The lowest BCUT2D eigenvalue weighted by atomic mass is 10.1. The summed E-state index contributed by atoms with van der Waals surface area (Å²) in [6, 6.07) is 25.8. The summed E-state index contributed by atoms with van der Waals surface area (Å²) in [4.78, 5) is 36.5. The standard InChI is InChI=1S/C29H22N4O3S2/c1-19-6-11-22(12-7-19)31-29-32(23-13-8-20(2)9-14-23)28(34)26(38-29)18-21-10-15-25(24(17-21)33(35)36)37-27-5-3-4-16-30-27/h3-18H,1-2H3/b26-18-,31-29?. The number of carbonyl (C=O) groups is 1. The Morgan fingerprint density at radius 3 is 2.34 bits per heavy atom. The van der Waals surface area contributed by atoms with E-state index in [0.717, 1.165) is 16.8 Å². The summed E-state index contributed by atoms with van der Waals surface area (Å²) < 4.78 is 0. The highest BCUT2D eigenvalue weighted by atomic mass is 32.2. The Kier molecular flexibility index (Phi) is 7.39. The number of nitro groups is 1. The monoisotopic (exact) mass is 538 g/mol. The fourth-order valence-corrected chi connectivity index (χ4v) is 5.59. The van der Waals surface area contributed by atoms with Gasteiger partial charge in [0.1, 0.15) is 5.03 Å². The molecule has 0 aliphatic carbocycles. The lowest BCUT2D eigenvalue weighted by Crippen LogP contribution is -2.28. The predicted molar refractivity (Wildman–Crippen MR) is 154 cm³/mol. The van der Waals surface area contributed by atoms with Crippen molar-refractivity contribution in [2.75, 3.05) is 4.90 Å². The van der Waals surface area contributed by atoms with Crippen LogP contribution in [-0.2, 0) is 4.79 Å². The van der Waals surface area contributed by atoms with Crippen LogP contribution in [0.2, 0.25) is 0 Å². The van der Waals surface area contributed by atoms with E-state index in [1.807, 2.05) is 68.4 Å². The van der Waals surface area contributed by atoms with Gasteiger partial charge in [-0.1, -0.05) is 59.3 Å². The fraction of sp³-hybridized carbons (Fsp3) is 0.0690. The van der Waals surface area contributed by atoms with E-state index in [1.165, 1.54) is 29.6 Å². The number of benzene rings is 3. The van der Waals surface area contributed by atoms with Gasteiger partial charge in [-0.3, -0.25) is 19.8 Å². The van der Waals surface area contributed by atoms with Crippen molar-refractivity contribution in [3.05, 3.63) is 123 Å². The second-order valence-corrected chi connectivity index (χ2v) is 10.6. The number of carbonyl (C=O) groups excluding carboxylic acids is 1. The Balaban J connectivity index is 1.51. The first-order valence-corrected chi connectivity index (χ1v) is 13.3. The van der Waals surface area contributed by atoms with E-state index in [-0.39, 0.29) is 11.6 Å². The molecule has 0 saturated carbocycles. The molecule has 1 saturated heterocycles. The molecule has 1 aliphatic rings. The number of nitro benzene ring substituents is 1. The normalized spacial score (nSPS) is 15.4. The van der Waals surface area contributed by atoms with Gasteiger partial charge in [0.2, 0.25) is 0 Å². The van der Waals surface area contributed by atoms with Crippen LogP contribution in [0.25, 0.3) is 6.08 Å². The largest absolute Gasteiger partial charge is 0.283 e. The molecular weight excluding hydrogens is 516 g/mol. The van der Waals surface area contributed by atoms with Crippen molar-refractivity contribution in [3.8, 4) is 0 Å². The summed E-state index contributed by atoms with van der Waals surface area (Å²) >= 11 is 2.47. The van der Waals surface area contributed by atoms with Gasteiger partial charge >= 0.3 is 0 Å². The number of aromatic nitrogens is 1. The Morgan fingerprint density at radius 2 is 1.68 bits per heavy atom. The van der Waals surface area contributed by atoms with Gasteiger partial charge in [0.05, 0.1) is 26.1 Å². The summed E-state index contributed by atoms with van der Waals surface area (Å²) in [6.45, 7) is 3.99. The van der Waals surface area contributed by atoms with Crippen LogP contribution < -0.4 is 4.90 Å². The van der Waals surface area contributed by atoms with Gasteiger partial charge in [-0.15, -0.1) is 0 Å². The summed E-state index contributed by atoms with van der Waals surface area (Å²) in [5, 5.41) is 13.0. The second-order valence-electron chi connectivity index (χ2n) is 8.57. The number of rotatable bonds is 6. The number of amides is 1. The molecule has 0 unspecified atom stereocenters. The van der Waals surface area contributed by atoms with Crippen LogP contribution in [0.15, 0.2) is 111 Å². The predicted octanol–water partition coefficient (Wildman–Crippen LogP) is 7.57. The van der Waals surface area contributed by atoms with Crippen LogP contribution in [0.4, 0.5) is 17.1 Å². The van der Waals surface area contributed by atoms with Crippen LogP contribution in [0, 0.1) is 24.0 Å². The molecule has 1 aromatic heterocycles. The lowest BCUT2D eigenvalue weighted by molar-refractivity contribution is -0.387. The molecule has 3 aromatic carbocycles. The average molecular weight is 539 g/mol. The third-order valence-corrected chi connectivity index (χ3v) is 7.67. The maximum Gasteiger partial charge on any atom is 0.283 e. The van der Waals surface area contributed by atoms with Crippen LogP contribution in [-0.4, -0.2) is 21.0 Å². The third-order valence-electron chi connectivity index (χ3n) is 5.69. The number of aryl methyl sites for hydroxylation is 2. The molecule has 0 atom stereocenters. The van der Waals surface area contributed by atoms with Crippen molar-refractivity contribution in [1.82, 2.24) is 4.98 Å². The molecule has 1 fully saturated rings. The number of nitrogens with zero attached hydrogens (tertiary/aromatic N) is 4. The highest BCUT2D eigenvalue weighted by Gasteiger charge is 2.35. The van der Waals surface area contributed by atoms with Gasteiger partial charge in [0, 0.05) is 12.3 Å². The SMILES string of the molecule is Cc1ccc(N=C2S/C(=C\c3ccc(Sc4ccccn4)c([N+](=O)[O-])c3)C(=O)N2c2ccc(C)cc2)cc1. The van der Waals surface area contributed by atoms with E-state index in [1.54, 1.807) is 41.4 Å². The zero-order chi connectivity index (χ0) is 26.6. The Labute approximate surface area is 228 Å². The second kappa shape index (κ2) is 11.0. The Morgan fingerprint density at radius 1 is 0.974 bits per heavy atom. The zero-order valence-corrected chi connectivity index (χ0v) is 22.2. The molecule has 9 heteroatoms. The van der Waals surface area contributed by atoms with Crippen LogP contribution in [0.5, 0.6) is 0 Å². The van der Waals surface area contributed by atoms with Crippen LogP contribution in [0.3, 0.4) is 0 Å². The highest BCUT2D eigenvalue weighted by Crippen LogP contribution is 2.39. The first-order valence-electron chi connectivity index (χ1n) is 11.7. The molecule has 38 heavy (non-hydrogen) atoms. The van der Waals surface area contributed by atoms with E-state index in [4.69, 9.17) is 4.99 Å². The maximum absolute atomic E-state index is 13.6. The smallest absolute Gasteiger partial charge is 0.268 e. The van der Waals surface area contributed by atoms with E-state index in [9.17, 15) is 14.9 Å². The minimum absolute atomic E-state index is 0.0469. The van der Waals surface area contributed by atoms with Crippen molar-refractivity contribution < 1.29 is 9.72 Å². The molecule has 0 bridgehead atoms. The summed E-state index contributed by atoms with van der Waals surface area (Å²) in [7, 11) is 0. The lowest BCUT2D eigenvalue weighted by Gasteiger charge is -2.16. The summed E-state index contributed by atoms with van der Waals surface area (Å²) in [5.41, 5.74) is 4.14. The average Bonchev–Trinajstić information content (AvgIpc) is 3.21. The van der Waals surface area contributed by atoms with E-state index < -0.39 is 4.92 Å². The number of hydrogen-bond donors (Lipinski definition) is 0. The number of anilines is 1. The molecule has 188 valence electrons. The molecule has 1 aliphatic heterocycles. The van der Waals surface area contributed by atoms with Crippen molar-refractivity contribution in [2.24, 2.45) is 4.99 Å². The first-order chi connectivity index (χ1) is 18.4. The van der Waals surface area contributed by atoms with Gasteiger partial charge in [-0.2, -0.15) is 0 Å². The van der Waals surface area contributed by atoms with Crippen molar-refractivity contribution in [2.45, 2.75) is 23.8 Å². The number of aliphatic imine (C=N–C) groups is 1.